The Kier molecular flexibility index (Phi) is 4.81. The number of aromatic nitrogens is 1. The van der Waals surface area contributed by atoms with Gasteiger partial charge in [-0.15, -0.1) is 0 Å². The summed E-state index contributed by atoms with van der Waals surface area (Å²) < 4.78 is 10.4. The van der Waals surface area contributed by atoms with Gasteiger partial charge in [-0.25, -0.2) is 0 Å². The number of amides is 1. The normalized spacial score (nSPS) is 18.0. The van der Waals surface area contributed by atoms with E-state index in [1.54, 1.807) is 24.5 Å². The molecule has 0 aliphatic carbocycles. The fraction of sp³-hybridized carbons (Fsp3) is 0.529. The maximum absolute atomic E-state index is 12.2. The molecule has 2 aromatic heterocycles. The number of likely N-dealkylation sites (tertiary alicyclic amines) is 1. The molecule has 23 heavy (non-hydrogen) atoms. The number of rotatable bonds is 5. The van der Waals surface area contributed by atoms with Gasteiger partial charge in [-0.1, -0.05) is 12.1 Å². The number of hydrogen-bond acceptors (Lipinski definition) is 5. The van der Waals surface area contributed by atoms with Gasteiger partial charge in [0.05, 0.1) is 6.26 Å². The van der Waals surface area contributed by atoms with Crippen molar-refractivity contribution in [2.75, 3.05) is 19.6 Å². The van der Waals surface area contributed by atoms with E-state index in [2.05, 4.69) is 29.2 Å². The van der Waals surface area contributed by atoms with E-state index in [1.165, 1.54) is 12.8 Å². The second-order valence-electron chi connectivity index (χ2n) is 6.33. The lowest BCUT2D eigenvalue weighted by Gasteiger charge is -2.34. The van der Waals surface area contributed by atoms with Gasteiger partial charge in [-0.2, -0.15) is 0 Å². The van der Waals surface area contributed by atoms with Crippen LogP contribution < -0.4 is 5.32 Å². The van der Waals surface area contributed by atoms with Gasteiger partial charge in [0, 0.05) is 18.7 Å². The minimum absolute atomic E-state index is 0.219. The number of carbonyl (C=O) groups is 1. The Balaban J connectivity index is 1.51. The van der Waals surface area contributed by atoms with Gasteiger partial charge in [0.25, 0.3) is 5.91 Å². The smallest absolute Gasteiger partial charge is 0.273 e. The third-order valence-corrected chi connectivity index (χ3v) is 4.51. The SMILES string of the molecule is CC1CCN(C(C)CNC(=O)c2cc(-c3ccco3)on2)CC1. The van der Waals surface area contributed by atoms with E-state index < -0.39 is 0 Å². The molecule has 0 radical (unpaired) electrons. The minimum Gasteiger partial charge on any atom is -0.461 e. The van der Waals surface area contributed by atoms with Crippen LogP contribution in [0, 0.1) is 5.92 Å². The van der Waals surface area contributed by atoms with Crippen LogP contribution >= 0.6 is 0 Å². The van der Waals surface area contributed by atoms with Crippen molar-refractivity contribution in [2.45, 2.75) is 32.7 Å². The first-order valence-corrected chi connectivity index (χ1v) is 8.16. The van der Waals surface area contributed by atoms with E-state index in [4.69, 9.17) is 8.94 Å². The molecule has 1 aliphatic heterocycles. The third kappa shape index (κ3) is 3.82. The number of furan rings is 1. The van der Waals surface area contributed by atoms with E-state index in [1.807, 2.05) is 0 Å². The van der Waals surface area contributed by atoms with Gasteiger partial charge < -0.3 is 14.3 Å². The van der Waals surface area contributed by atoms with Gasteiger partial charge in [0.1, 0.15) is 0 Å². The van der Waals surface area contributed by atoms with Gasteiger partial charge in [-0.3, -0.25) is 9.69 Å². The Hall–Kier alpha value is -2.08. The highest BCUT2D eigenvalue weighted by Crippen LogP contribution is 2.20. The van der Waals surface area contributed by atoms with E-state index in [9.17, 15) is 4.79 Å². The van der Waals surface area contributed by atoms with Crippen molar-refractivity contribution in [3.63, 3.8) is 0 Å². The summed E-state index contributed by atoms with van der Waals surface area (Å²) in [6.45, 7) is 7.25. The molecular weight excluding hydrogens is 294 g/mol. The molecule has 1 aliphatic rings. The Bertz CT molecular complexity index is 627. The fourth-order valence-electron chi connectivity index (χ4n) is 2.85. The summed E-state index contributed by atoms with van der Waals surface area (Å²) in [4.78, 5) is 14.6. The molecule has 2 aromatic rings. The summed E-state index contributed by atoms with van der Waals surface area (Å²) in [6.07, 6.45) is 4.01. The molecule has 0 aromatic carbocycles. The first-order chi connectivity index (χ1) is 11.1. The molecule has 1 saturated heterocycles. The highest BCUT2D eigenvalue weighted by atomic mass is 16.5. The second-order valence-corrected chi connectivity index (χ2v) is 6.33. The summed E-state index contributed by atoms with van der Waals surface area (Å²) in [7, 11) is 0. The lowest BCUT2D eigenvalue weighted by atomic mass is 9.98. The van der Waals surface area contributed by atoms with Gasteiger partial charge in [0.15, 0.2) is 11.5 Å². The highest BCUT2D eigenvalue weighted by molar-refractivity contribution is 5.92. The topological polar surface area (TPSA) is 71.5 Å². The second kappa shape index (κ2) is 7.00. The van der Waals surface area contributed by atoms with Crippen molar-refractivity contribution in [3.05, 3.63) is 30.2 Å². The van der Waals surface area contributed by atoms with Crippen molar-refractivity contribution in [1.82, 2.24) is 15.4 Å². The van der Waals surface area contributed by atoms with Crippen LogP contribution in [0.15, 0.2) is 33.4 Å². The van der Waals surface area contributed by atoms with Crippen molar-refractivity contribution in [3.8, 4) is 11.5 Å². The highest BCUT2D eigenvalue weighted by Gasteiger charge is 2.21. The first kappa shape index (κ1) is 15.8. The molecule has 0 saturated carbocycles. The van der Waals surface area contributed by atoms with Crippen LogP contribution in [0.5, 0.6) is 0 Å². The molecular formula is C17H23N3O3. The summed E-state index contributed by atoms with van der Waals surface area (Å²) >= 11 is 0. The number of hydrogen-bond donors (Lipinski definition) is 1. The van der Waals surface area contributed by atoms with Gasteiger partial charge >= 0.3 is 0 Å². The Labute approximate surface area is 135 Å². The molecule has 3 rings (SSSR count). The zero-order valence-electron chi connectivity index (χ0n) is 13.6. The Morgan fingerprint density at radius 2 is 2.22 bits per heavy atom. The quantitative estimate of drug-likeness (QED) is 0.918. The lowest BCUT2D eigenvalue weighted by molar-refractivity contribution is 0.0913. The Morgan fingerprint density at radius 1 is 1.43 bits per heavy atom. The predicted molar refractivity (Wildman–Crippen MR) is 86.0 cm³/mol. The molecule has 1 atom stereocenters. The molecule has 3 heterocycles. The molecule has 124 valence electrons. The Morgan fingerprint density at radius 3 is 2.91 bits per heavy atom. The van der Waals surface area contributed by atoms with Crippen molar-refractivity contribution in [2.24, 2.45) is 5.92 Å². The molecule has 0 spiro atoms. The largest absolute Gasteiger partial charge is 0.461 e. The zero-order chi connectivity index (χ0) is 16.2. The first-order valence-electron chi connectivity index (χ1n) is 8.16. The van der Waals surface area contributed by atoms with Crippen LogP contribution in [0.1, 0.15) is 37.2 Å². The van der Waals surface area contributed by atoms with Crippen LogP contribution in [-0.2, 0) is 0 Å². The number of nitrogens with zero attached hydrogens (tertiary/aromatic N) is 2. The van der Waals surface area contributed by atoms with Crippen molar-refractivity contribution >= 4 is 5.91 Å². The van der Waals surface area contributed by atoms with E-state index in [0.717, 1.165) is 19.0 Å². The van der Waals surface area contributed by atoms with Crippen molar-refractivity contribution in [1.29, 1.82) is 0 Å². The van der Waals surface area contributed by atoms with Crippen molar-refractivity contribution < 1.29 is 13.7 Å². The minimum atomic E-state index is -0.219. The lowest BCUT2D eigenvalue weighted by Crippen LogP contribution is -2.45. The third-order valence-electron chi connectivity index (χ3n) is 4.51. The molecule has 1 N–H and O–H groups in total. The molecule has 6 nitrogen and oxygen atoms in total. The zero-order valence-corrected chi connectivity index (χ0v) is 13.6. The average Bonchev–Trinajstić information content (AvgIpc) is 3.23. The van der Waals surface area contributed by atoms with Crippen LogP contribution in [0.4, 0.5) is 0 Å². The fourth-order valence-corrected chi connectivity index (χ4v) is 2.85. The molecule has 1 unspecified atom stereocenters. The monoisotopic (exact) mass is 317 g/mol. The maximum atomic E-state index is 12.2. The molecule has 1 fully saturated rings. The standard InChI is InChI=1S/C17H23N3O3/c1-12-5-7-20(8-6-12)13(2)11-18-17(21)14-10-16(23-19-14)15-4-3-9-22-15/h3-4,9-10,12-13H,5-8,11H2,1-2H3,(H,18,21). The summed E-state index contributed by atoms with van der Waals surface area (Å²) in [5, 5.41) is 6.74. The number of nitrogens with one attached hydrogen (secondary N) is 1. The predicted octanol–water partition coefficient (Wildman–Crippen LogP) is 2.78. The maximum Gasteiger partial charge on any atom is 0.273 e. The number of carbonyl (C=O) groups excluding carboxylic acids is 1. The van der Waals surface area contributed by atoms with Crippen LogP contribution in [0.3, 0.4) is 0 Å². The summed E-state index contributed by atoms with van der Waals surface area (Å²) in [6, 6.07) is 5.45. The van der Waals surface area contributed by atoms with Crippen LogP contribution in [-0.4, -0.2) is 41.6 Å². The molecule has 1 amide bonds. The van der Waals surface area contributed by atoms with E-state index in [-0.39, 0.29) is 11.6 Å². The van der Waals surface area contributed by atoms with Gasteiger partial charge in [0.2, 0.25) is 5.76 Å². The summed E-state index contributed by atoms with van der Waals surface area (Å²) in [5.41, 5.74) is 0.274. The molecule has 6 heteroatoms. The van der Waals surface area contributed by atoms with Crippen LogP contribution in [0.2, 0.25) is 0 Å². The van der Waals surface area contributed by atoms with E-state index >= 15 is 0 Å². The number of piperidine rings is 1. The van der Waals surface area contributed by atoms with Crippen LogP contribution in [0.25, 0.3) is 11.5 Å². The van der Waals surface area contributed by atoms with E-state index in [0.29, 0.717) is 24.1 Å². The average molecular weight is 317 g/mol. The molecule has 0 bridgehead atoms. The summed E-state index contributed by atoms with van der Waals surface area (Å²) in [5.74, 6) is 1.61. The van der Waals surface area contributed by atoms with Gasteiger partial charge in [-0.05, 0) is 50.9 Å².